The first kappa shape index (κ1) is 14.3. The van der Waals surface area contributed by atoms with Gasteiger partial charge >= 0.3 is 0 Å². The van der Waals surface area contributed by atoms with Crippen LogP contribution in [0.2, 0.25) is 0 Å². The summed E-state index contributed by atoms with van der Waals surface area (Å²) in [7, 11) is 0. The maximum absolute atomic E-state index is 6.07. The molecule has 2 saturated heterocycles. The normalized spacial score (nSPS) is 24.5. The van der Waals surface area contributed by atoms with Crippen molar-refractivity contribution in [3.8, 4) is 5.75 Å². The number of rotatable bonds is 4. The predicted molar refractivity (Wildman–Crippen MR) is 86.7 cm³/mol. The van der Waals surface area contributed by atoms with E-state index in [2.05, 4.69) is 29.6 Å². The van der Waals surface area contributed by atoms with Gasteiger partial charge < -0.3 is 10.1 Å². The molecule has 2 aliphatic rings. The average Bonchev–Trinajstić information content (AvgIpc) is 2.51. The molecule has 110 valence electrons. The summed E-state index contributed by atoms with van der Waals surface area (Å²) >= 11 is 2.02. The first-order valence-corrected chi connectivity index (χ1v) is 9.10. The van der Waals surface area contributed by atoms with Crippen LogP contribution in [0.3, 0.4) is 0 Å². The Morgan fingerprint density at radius 3 is 2.60 bits per heavy atom. The van der Waals surface area contributed by atoms with Crippen LogP contribution in [0.25, 0.3) is 0 Å². The van der Waals surface area contributed by atoms with E-state index in [9.17, 15) is 0 Å². The van der Waals surface area contributed by atoms with Crippen molar-refractivity contribution in [2.75, 3.05) is 24.6 Å². The smallest absolute Gasteiger partial charge is 0.119 e. The Balaban J connectivity index is 1.51. The van der Waals surface area contributed by atoms with Crippen LogP contribution in [0.4, 0.5) is 0 Å². The van der Waals surface area contributed by atoms with E-state index >= 15 is 0 Å². The molecule has 0 aromatic heterocycles. The Bertz CT molecular complexity index is 355. The van der Waals surface area contributed by atoms with Gasteiger partial charge in [0.1, 0.15) is 11.9 Å². The Labute approximate surface area is 126 Å². The summed E-state index contributed by atoms with van der Waals surface area (Å²) in [6.45, 7) is 2.37. The lowest BCUT2D eigenvalue weighted by Crippen LogP contribution is -2.28. The molecule has 1 atom stereocenters. The van der Waals surface area contributed by atoms with Gasteiger partial charge in [0.2, 0.25) is 0 Å². The Kier molecular flexibility index (Phi) is 5.26. The van der Waals surface area contributed by atoms with Crippen molar-refractivity contribution in [2.24, 2.45) is 5.92 Å². The van der Waals surface area contributed by atoms with E-state index in [1.165, 1.54) is 56.5 Å². The topological polar surface area (TPSA) is 21.3 Å². The molecule has 0 aliphatic carbocycles. The summed E-state index contributed by atoms with van der Waals surface area (Å²) in [5.74, 6) is 4.36. The number of thioether (sulfide) groups is 1. The lowest BCUT2D eigenvalue weighted by atomic mass is 9.91. The molecular formula is C17H25NOS. The minimum absolute atomic E-state index is 0.420. The fourth-order valence-electron chi connectivity index (χ4n) is 3.12. The van der Waals surface area contributed by atoms with Gasteiger partial charge in [-0.15, -0.1) is 0 Å². The van der Waals surface area contributed by atoms with Gasteiger partial charge in [-0.25, -0.2) is 0 Å². The zero-order valence-electron chi connectivity index (χ0n) is 12.1. The lowest BCUT2D eigenvalue weighted by Gasteiger charge is -2.24. The summed E-state index contributed by atoms with van der Waals surface area (Å²) in [4.78, 5) is 0. The van der Waals surface area contributed by atoms with E-state index in [1.54, 1.807) is 0 Å². The van der Waals surface area contributed by atoms with Gasteiger partial charge in [0, 0.05) is 5.75 Å². The molecule has 2 nitrogen and oxygen atoms in total. The maximum atomic E-state index is 6.07. The molecule has 2 aliphatic heterocycles. The second kappa shape index (κ2) is 7.37. The van der Waals surface area contributed by atoms with Crippen LogP contribution in [0.15, 0.2) is 24.3 Å². The number of hydrogen-bond donors (Lipinski definition) is 1. The zero-order valence-corrected chi connectivity index (χ0v) is 13.0. The minimum Gasteiger partial charge on any atom is -0.490 e. The van der Waals surface area contributed by atoms with Crippen molar-refractivity contribution in [1.29, 1.82) is 0 Å². The van der Waals surface area contributed by atoms with E-state index < -0.39 is 0 Å². The van der Waals surface area contributed by atoms with Gasteiger partial charge in [0.15, 0.2) is 0 Å². The third kappa shape index (κ3) is 4.16. The molecule has 20 heavy (non-hydrogen) atoms. The fourth-order valence-corrected chi connectivity index (χ4v) is 4.15. The Morgan fingerprint density at radius 1 is 1.10 bits per heavy atom. The largest absolute Gasteiger partial charge is 0.490 e. The maximum Gasteiger partial charge on any atom is 0.119 e. The highest BCUT2D eigenvalue weighted by Crippen LogP contribution is 2.24. The second-order valence-electron chi connectivity index (χ2n) is 6.00. The van der Waals surface area contributed by atoms with Crippen LogP contribution < -0.4 is 10.1 Å². The van der Waals surface area contributed by atoms with Gasteiger partial charge in [-0.2, -0.15) is 11.8 Å². The minimum atomic E-state index is 0.420. The molecule has 1 aromatic carbocycles. The molecule has 0 amide bonds. The molecule has 3 heteroatoms. The van der Waals surface area contributed by atoms with Crippen molar-refractivity contribution >= 4 is 11.8 Å². The molecule has 2 heterocycles. The van der Waals surface area contributed by atoms with E-state index in [0.29, 0.717) is 6.10 Å². The SMILES string of the molecule is c1cc(OC2CCCSC2)ccc1CC1CCNCC1. The summed E-state index contributed by atoms with van der Waals surface area (Å²) in [6, 6.07) is 8.84. The van der Waals surface area contributed by atoms with E-state index in [-0.39, 0.29) is 0 Å². The molecule has 1 N–H and O–H groups in total. The summed E-state index contributed by atoms with van der Waals surface area (Å²) in [6.07, 6.45) is 6.78. The third-order valence-electron chi connectivity index (χ3n) is 4.33. The lowest BCUT2D eigenvalue weighted by molar-refractivity contribution is 0.211. The highest BCUT2D eigenvalue weighted by atomic mass is 32.2. The number of benzene rings is 1. The highest BCUT2D eigenvalue weighted by molar-refractivity contribution is 7.99. The summed E-state index contributed by atoms with van der Waals surface area (Å²) in [5, 5.41) is 3.43. The van der Waals surface area contributed by atoms with Crippen LogP contribution >= 0.6 is 11.8 Å². The van der Waals surface area contributed by atoms with Gasteiger partial charge in [0.25, 0.3) is 0 Å². The molecule has 2 fully saturated rings. The fraction of sp³-hybridized carbons (Fsp3) is 0.647. The van der Waals surface area contributed by atoms with Gasteiger partial charge in [0.05, 0.1) is 0 Å². The van der Waals surface area contributed by atoms with Crippen LogP contribution in [-0.2, 0) is 6.42 Å². The van der Waals surface area contributed by atoms with Crippen molar-refractivity contribution < 1.29 is 4.74 Å². The van der Waals surface area contributed by atoms with Crippen molar-refractivity contribution in [2.45, 2.75) is 38.2 Å². The van der Waals surface area contributed by atoms with Crippen LogP contribution in [-0.4, -0.2) is 30.7 Å². The zero-order chi connectivity index (χ0) is 13.6. The highest BCUT2D eigenvalue weighted by Gasteiger charge is 2.16. The van der Waals surface area contributed by atoms with Gasteiger partial charge in [-0.05, 0) is 74.6 Å². The van der Waals surface area contributed by atoms with Crippen molar-refractivity contribution in [3.05, 3.63) is 29.8 Å². The summed E-state index contributed by atoms with van der Waals surface area (Å²) < 4.78 is 6.07. The molecule has 1 unspecified atom stereocenters. The van der Waals surface area contributed by atoms with Gasteiger partial charge in [-0.1, -0.05) is 12.1 Å². The first-order chi connectivity index (χ1) is 9.90. The van der Waals surface area contributed by atoms with Gasteiger partial charge in [-0.3, -0.25) is 0 Å². The molecule has 0 saturated carbocycles. The average molecular weight is 291 g/mol. The monoisotopic (exact) mass is 291 g/mol. The molecule has 0 spiro atoms. The molecule has 0 radical (unpaired) electrons. The third-order valence-corrected chi connectivity index (χ3v) is 5.51. The quantitative estimate of drug-likeness (QED) is 0.917. The van der Waals surface area contributed by atoms with Crippen LogP contribution in [0, 0.1) is 5.92 Å². The van der Waals surface area contributed by atoms with Crippen molar-refractivity contribution in [3.63, 3.8) is 0 Å². The number of ether oxygens (including phenoxy) is 1. The first-order valence-electron chi connectivity index (χ1n) is 7.94. The number of nitrogens with one attached hydrogen (secondary N) is 1. The van der Waals surface area contributed by atoms with E-state index in [1.807, 2.05) is 11.8 Å². The molecule has 3 rings (SSSR count). The molecule has 1 aromatic rings. The Morgan fingerprint density at radius 2 is 1.90 bits per heavy atom. The Hall–Kier alpha value is -0.670. The standard InChI is InChI=1S/C17H25NOS/c1-2-17(13-20-11-1)19-16-5-3-14(4-6-16)12-15-7-9-18-10-8-15/h3-6,15,17-18H,1-2,7-13H2. The van der Waals surface area contributed by atoms with E-state index in [0.717, 1.165) is 17.4 Å². The summed E-state index contributed by atoms with van der Waals surface area (Å²) in [5.41, 5.74) is 1.46. The molecular weight excluding hydrogens is 266 g/mol. The number of hydrogen-bond acceptors (Lipinski definition) is 3. The van der Waals surface area contributed by atoms with Crippen LogP contribution in [0.5, 0.6) is 5.75 Å². The second-order valence-corrected chi connectivity index (χ2v) is 7.15. The molecule has 0 bridgehead atoms. The van der Waals surface area contributed by atoms with E-state index in [4.69, 9.17) is 4.74 Å². The van der Waals surface area contributed by atoms with Crippen molar-refractivity contribution in [1.82, 2.24) is 5.32 Å². The number of piperidine rings is 1. The predicted octanol–water partition coefficient (Wildman–Crippen LogP) is 3.50. The van der Waals surface area contributed by atoms with Crippen LogP contribution in [0.1, 0.15) is 31.2 Å².